The predicted molar refractivity (Wildman–Crippen MR) is 51.8 cm³/mol. The van der Waals surface area contributed by atoms with Crippen LogP contribution in [0.25, 0.3) is 0 Å². The van der Waals surface area contributed by atoms with Crippen LogP contribution in [-0.2, 0) is 4.79 Å². The molecule has 0 bridgehead atoms. The lowest BCUT2D eigenvalue weighted by molar-refractivity contribution is -0.132. The van der Waals surface area contributed by atoms with E-state index < -0.39 is 5.54 Å². The van der Waals surface area contributed by atoms with Crippen molar-refractivity contribution in [1.29, 1.82) is 0 Å². The van der Waals surface area contributed by atoms with Crippen molar-refractivity contribution in [3.63, 3.8) is 0 Å². The Labute approximate surface area is 79.4 Å². The summed E-state index contributed by atoms with van der Waals surface area (Å²) in [6.07, 6.45) is 3.18. The number of nitrogens with one attached hydrogen (secondary N) is 1. The Morgan fingerprint density at radius 1 is 1.54 bits per heavy atom. The van der Waals surface area contributed by atoms with Gasteiger partial charge in [-0.2, -0.15) is 0 Å². The summed E-state index contributed by atoms with van der Waals surface area (Å²) >= 11 is 0. The van der Waals surface area contributed by atoms with Crippen molar-refractivity contribution in [2.45, 2.75) is 38.6 Å². The Balaban J connectivity index is 2.72. The smallest absolute Gasteiger partial charge is 0.254 e. The molecule has 0 aromatic heterocycles. The van der Waals surface area contributed by atoms with Crippen molar-refractivity contribution < 1.29 is 4.79 Å². The van der Waals surface area contributed by atoms with E-state index in [-0.39, 0.29) is 5.91 Å². The van der Waals surface area contributed by atoms with E-state index in [2.05, 4.69) is 10.3 Å². The number of nitrogens with two attached hydrogens (primary N) is 1. The zero-order valence-electron chi connectivity index (χ0n) is 8.47. The molecule has 1 aliphatic rings. The minimum atomic E-state index is -0.411. The first kappa shape index (κ1) is 10.5. The molecule has 0 aromatic rings. The van der Waals surface area contributed by atoms with Crippen molar-refractivity contribution in [1.82, 2.24) is 10.3 Å². The molecule has 1 heterocycles. The molecule has 0 unspecified atom stereocenters. The van der Waals surface area contributed by atoms with Gasteiger partial charge in [0.2, 0.25) is 0 Å². The summed E-state index contributed by atoms with van der Waals surface area (Å²) in [7, 11) is 0. The normalized spacial score (nSPS) is 22.7. The van der Waals surface area contributed by atoms with Crippen LogP contribution in [0.3, 0.4) is 0 Å². The second-order valence-electron chi connectivity index (χ2n) is 3.80. The quantitative estimate of drug-likeness (QED) is 0.376. The molecule has 13 heavy (non-hydrogen) atoms. The summed E-state index contributed by atoms with van der Waals surface area (Å²) in [5.74, 6) is 5.10. The number of likely N-dealkylation sites (tertiary alicyclic amines) is 1. The molecule has 0 aromatic carbocycles. The molecule has 0 aliphatic carbocycles. The molecule has 4 heteroatoms. The van der Waals surface area contributed by atoms with Gasteiger partial charge in [-0.3, -0.25) is 15.1 Å². The molecule has 1 fully saturated rings. The number of carbonyl (C=O) groups is 1. The van der Waals surface area contributed by atoms with E-state index >= 15 is 0 Å². The van der Waals surface area contributed by atoms with Gasteiger partial charge in [0.05, 0.1) is 5.54 Å². The lowest BCUT2D eigenvalue weighted by Gasteiger charge is -2.35. The second-order valence-corrected chi connectivity index (χ2v) is 3.80. The van der Waals surface area contributed by atoms with Gasteiger partial charge < -0.3 is 0 Å². The van der Waals surface area contributed by atoms with Crippen molar-refractivity contribution in [2.24, 2.45) is 5.84 Å². The minimum Gasteiger partial charge on any atom is -0.293 e. The number of hydrogen-bond donors (Lipinski definition) is 2. The van der Waals surface area contributed by atoms with Crippen LogP contribution in [0.1, 0.15) is 33.1 Å². The third-order valence-electron chi connectivity index (χ3n) is 3.11. The van der Waals surface area contributed by atoms with Crippen molar-refractivity contribution in [3.05, 3.63) is 0 Å². The number of rotatable bonds is 3. The summed E-state index contributed by atoms with van der Waals surface area (Å²) in [6, 6.07) is 0. The van der Waals surface area contributed by atoms with Crippen molar-refractivity contribution in [2.75, 3.05) is 13.1 Å². The molecule has 1 saturated heterocycles. The molecule has 1 rings (SSSR count). The Morgan fingerprint density at radius 3 is 2.46 bits per heavy atom. The van der Waals surface area contributed by atoms with E-state index in [1.54, 1.807) is 0 Å². The number of nitrogens with zero attached hydrogens (tertiary/aromatic N) is 1. The summed E-state index contributed by atoms with van der Waals surface area (Å²) in [6.45, 7) is 6.00. The van der Waals surface area contributed by atoms with E-state index in [9.17, 15) is 4.79 Å². The topological polar surface area (TPSA) is 58.4 Å². The highest BCUT2D eigenvalue weighted by Crippen LogP contribution is 2.24. The van der Waals surface area contributed by atoms with E-state index in [1.165, 1.54) is 12.8 Å². The number of amides is 1. The number of hydrogen-bond acceptors (Lipinski definition) is 3. The summed E-state index contributed by atoms with van der Waals surface area (Å²) < 4.78 is 0. The molecule has 4 nitrogen and oxygen atoms in total. The molecular formula is C9H19N3O. The van der Waals surface area contributed by atoms with Crippen LogP contribution in [0.2, 0.25) is 0 Å². The Kier molecular flexibility index (Phi) is 3.27. The summed E-state index contributed by atoms with van der Waals surface area (Å²) in [5, 5.41) is 0. The van der Waals surface area contributed by atoms with Crippen LogP contribution in [-0.4, -0.2) is 29.4 Å². The third kappa shape index (κ3) is 1.84. The van der Waals surface area contributed by atoms with E-state index in [4.69, 9.17) is 5.84 Å². The third-order valence-corrected chi connectivity index (χ3v) is 3.11. The predicted octanol–water partition coefficient (Wildman–Crippen LogP) is 0.241. The first-order valence-corrected chi connectivity index (χ1v) is 4.91. The summed E-state index contributed by atoms with van der Waals surface area (Å²) in [5.41, 5.74) is 1.84. The zero-order chi connectivity index (χ0) is 9.90. The molecular weight excluding hydrogens is 166 g/mol. The van der Waals surface area contributed by atoms with Crippen LogP contribution in [0.5, 0.6) is 0 Å². The minimum absolute atomic E-state index is 0.0723. The Morgan fingerprint density at radius 2 is 2.08 bits per heavy atom. The standard InChI is InChI=1S/C9H19N3O/c1-3-9(2,8(13)11-10)12-6-4-5-7-12/h3-7,10H2,1-2H3,(H,11,13)/t9-/m0/s1. The molecule has 3 N–H and O–H groups in total. The molecule has 0 radical (unpaired) electrons. The molecule has 0 spiro atoms. The van der Waals surface area contributed by atoms with Gasteiger partial charge in [0, 0.05) is 0 Å². The van der Waals surface area contributed by atoms with Crippen LogP contribution in [0.15, 0.2) is 0 Å². The maximum atomic E-state index is 11.6. The number of carbonyl (C=O) groups excluding carboxylic acids is 1. The van der Waals surface area contributed by atoms with Crippen LogP contribution >= 0.6 is 0 Å². The highest BCUT2D eigenvalue weighted by Gasteiger charge is 2.38. The molecule has 1 amide bonds. The van der Waals surface area contributed by atoms with Crippen molar-refractivity contribution >= 4 is 5.91 Å². The van der Waals surface area contributed by atoms with E-state index in [0.717, 1.165) is 19.5 Å². The van der Waals surface area contributed by atoms with Gasteiger partial charge in [-0.05, 0) is 39.3 Å². The first-order chi connectivity index (χ1) is 6.15. The second kappa shape index (κ2) is 4.07. The average Bonchev–Trinajstić information content (AvgIpc) is 2.68. The Hall–Kier alpha value is -0.610. The molecule has 1 atom stereocenters. The van der Waals surface area contributed by atoms with Gasteiger partial charge in [0.15, 0.2) is 0 Å². The van der Waals surface area contributed by atoms with Gasteiger partial charge in [-0.15, -0.1) is 0 Å². The van der Waals surface area contributed by atoms with Crippen LogP contribution in [0.4, 0.5) is 0 Å². The van der Waals surface area contributed by atoms with Crippen molar-refractivity contribution in [3.8, 4) is 0 Å². The van der Waals surface area contributed by atoms with Gasteiger partial charge in [0.25, 0.3) is 5.91 Å². The van der Waals surface area contributed by atoms with E-state index in [0.29, 0.717) is 0 Å². The number of hydrazine groups is 1. The molecule has 76 valence electrons. The largest absolute Gasteiger partial charge is 0.293 e. The maximum Gasteiger partial charge on any atom is 0.254 e. The maximum absolute atomic E-state index is 11.6. The lowest BCUT2D eigenvalue weighted by atomic mass is 9.96. The van der Waals surface area contributed by atoms with Crippen LogP contribution < -0.4 is 11.3 Å². The van der Waals surface area contributed by atoms with Gasteiger partial charge >= 0.3 is 0 Å². The van der Waals surface area contributed by atoms with E-state index in [1.807, 2.05) is 13.8 Å². The fourth-order valence-corrected chi connectivity index (χ4v) is 1.89. The molecule has 1 aliphatic heterocycles. The monoisotopic (exact) mass is 185 g/mol. The first-order valence-electron chi connectivity index (χ1n) is 4.91. The highest BCUT2D eigenvalue weighted by molar-refractivity contribution is 5.85. The van der Waals surface area contributed by atoms with Gasteiger partial charge in [-0.1, -0.05) is 6.92 Å². The molecule has 0 saturated carbocycles. The van der Waals surface area contributed by atoms with Gasteiger partial charge in [0.1, 0.15) is 0 Å². The summed E-state index contributed by atoms with van der Waals surface area (Å²) in [4.78, 5) is 13.8. The zero-order valence-corrected chi connectivity index (χ0v) is 8.47. The van der Waals surface area contributed by atoms with Crippen LogP contribution in [0, 0.1) is 0 Å². The fraction of sp³-hybridized carbons (Fsp3) is 0.889. The Bertz CT molecular complexity index is 189. The SMILES string of the molecule is CC[C@@](C)(C(=O)NN)N1CCCC1. The van der Waals surface area contributed by atoms with Gasteiger partial charge in [-0.25, -0.2) is 5.84 Å². The fourth-order valence-electron chi connectivity index (χ4n) is 1.89. The highest BCUT2D eigenvalue weighted by atomic mass is 16.2. The average molecular weight is 185 g/mol. The lowest BCUT2D eigenvalue weighted by Crippen LogP contribution is -2.57.